The molecule has 0 atom stereocenters. The maximum absolute atomic E-state index is 14.3. The first-order chi connectivity index (χ1) is 11.4. The van der Waals surface area contributed by atoms with E-state index in [0.717, 1.165) is 17.3 Å². The maximum Gasteiger partial charge on any atom is 0.491 e. The number of aryl methyl sites for hydroxylation is 1. The van der Waals surface area contributed by atoms with E-state index in [-0.39, 0.29) is 5.12 Å². The minimum absolute atomic E-state index is 0.0172. The number of carbonyl (C=O) groups is 1. The zero-order valence-corrected chi connectivity index (χ0v) is 16.4. The zero-order valence-electron chi connectivity index (χ0n) is 15.6. The van der Waals surface area contributed by atoms with Crippen LogP contribution < -0.4 is 5.73 Å². The number of carbonyl (C=O) groups excluding carboxylic acids is 1. The summed E-state index contributed by atoms with van der Waals surface area (Å²) in [5.41, 5.74) is 7.05. The molecule has 4 nitrogen and oxygen atoms in total. The Balaban J connectivity index is 2.40. The van der Waals surface area contributed by atoms with Crippen LogP contribution >= 0.6 is 11.8 Å². The number of benzene rings is 1. The first kappa shape index (κ1) is 20.0. The van der Waals surface area contributed by atoms with Gasteiger partial charge < -0.3 is 15.0 Å². The number of halogens is 1. The van der Waals surface area contributed by atoms with Crippen LogP contribution in [0.4, 0.5) is 10.1 Å². The molecule has 1 aromatic rings. The van der Waals surface area contributed by atoms with Gasteiger partial charge in [-0.15, -0.1) is 0 Å². The van der Waals surface area contributed by atoms with Crippen LogP contribution in [0.2, 0.25) is 0 Å². The van der Waals surface area contributed by atoms with Crippen LogP contribution in [0.5, 0.6) is 0 Å². The van der Waals surface area contributed by atoms with E-state index in [4.69, 9.17) is 15.0 Å². The Kier molecular flexibility index (Phi) is 5.71. The molecule has 1 saturated heterocycles. The second-order valence-electron chi connectivity index (χ2n) is 7.32. The molecule has 7 heteroatoms. The fraction of sp³-hybridized carbons (Fsp3) is 0.500. The topological polar surface area (TPSA) is 61.6 Å². The van der Waals surface area contributed by atoms with Gasteiger partial charge in [-0.25, -0.2) is 4.39 Å². The van der Waals surface area contributed by atoms with E-state index in [1.54, 1.807) is 12.1 Å². The van der Waals surface area contributed by atoms with Crippen LogP contribution in [0.3, 0.4) is 0 Å². The third kappa shape index (κ3) is 4.46. The Labute approximate surface area is 153 Å². The predicted octanol–water partition coefficient (Wildman–Crippen LogP) is 4.01. The Morgan fingerprint density at radius 3 is 2.36 bits per heavy atom. The molecule has 0 saturated carbocycles. The monoisotopic (exact) mass is 365 g/mol. The van der Waals surface area contributed by atoms with E-state index in [9.17, 15) is 9.18 Å². The van der Waals surface area contributed by atoms with Crippen molar-refractivity contribution in [2.45, 2.75) is 52.7 Å². The van der Waals surface area contributed by atoms with Gasteiger partial charge in [-0.1, -0.05) is 17.8 Å². The van der Waals surface area contributed by atoms with E-state index in [1.807, 2.05) is 34.6 Å². The van der Waals surface area contributed by atoms with Crippen LogP contribution in [0.15, 0.2) is 17.6 Å². The SMILES string of the molecule is CC(=O)SCC(=Cc1cc(C)c(N)cc1F)B1OC(C)(C)C(C)(C)O1. The van der Waals surface area contributed by atoms with Gasteiger partial charge in [-0.2, -0.15) is 0 Å². The summed E-state index contributed by atoms with van der Waals surface area (Å²) < 4.78 is 26.4. The molecule has 1 aliphatic heterocycles. The Bertz CT molecular complexity index is 703. The fourth-order valence-corrected chi connectivity index (χ4v) is 2.98. The van der Waals surface area contributed by atoms with Crippen molar-refractivity contribution in [2.75, 3.05) is 11.5 Å². The van der Waals surface area contributed by atoms with Crippen molar-refractivity contribution in [1.29, 1.82) is 0 Å². The molecule has 0 bridgehead atoms. The summed E-state index contributed by atoms with van der Waals surface area (Å²) in [7, 11) is -0.630. The lowest BCUT2D eigenvalue weighted by atomic mass is 9.78. The van der Waals surface area contributed by atoms with Crippen LogP contribution in [0, 0.1) is 12.7 Å². The standard InChI is InChI=1S/C18H25BFNO3S/c1-11-7-13(15(20)9-16(11)21)8-14(10-25-12(2)22)19-23-17(3,4)18(5,6)24-19/h7-9H,10,21H2,1-6H3. The van der Waals surface area contributed by atoms with Crippen LogP contribution in [0.25, 0.3) is 6.08 Å². The van der Waals surface area contributed by atoms with Crippen molar-refractivity contribution in [1.82, 2.24) is 0 Å². The fourth-order valence-electron chi connectivity index (χ4n) is 2.39. The highest BCUT2D eigenvalue weighted by molar-refractivity contribution is 8.13. The summed E-state index contributed by atoms with van der Waals surface area (Å²) >= 11 is 1.14. The molecule has 136 valence electrons. The molecule has 1 heterocycles. The molecule has 2 N–H and O–H groups in total. The van der Waals surface area contributed by atoms with Gasteiger partial charge in [0.1, 0.15) is 5.82 Å². The van der Waals surface area contributed by atoms with E-state index >= 15 is 0 Å². The molecule has 0 spiro atoms. The van der Waals surface area contributed by atoms with Crippen molar-refractivity contribution in [2.24, 2.45) is 0 Å². The Morgan fingerprint density at radius 2 is 1.84 bits per heavy atom. The summed E-state index contributed by atoms with van der Waals surface area (Å²) in [6, 6.07) is 3.00. The van der Waals surface area contributed by atoms with Crippen LogP contribution in [-0.2, 0) is 14.1 Å². The minimum atomic E-state index is -0.630. The van der Waals surface area contributed by atoms with E-state index in [1.165, 1.54) is 13.0 Å². The summed E-state index contributed by atoms with van der Waals surface area (Å²) in [5.74, 6) is -0.0420. The van der Waals surface area contributed by atoms with Crippen molar-refractivity contribution in [3.8, 4) is 0 Å². The molecular weight excluding hydrogens is 340 g/mol. The molecular formula is C18H25BFNO3S. The van der Waals surface area contributed by atoms with E-state index in [0.29, 0.717) is 22.5 Å². The Morgan fingerprint density at radius 1 is 1.28 bits per heavy atom. The molecule has 1 fully saturated rings. The number of nitrogens with two attached hydrogens (primary N) is 1. The van der Waals surface area contributed by atoms with Crippen molar-refractivity contribution < 1.29 is 18.5 Å². The van der Waals surface area contributed by atoms with Gasteiger partial charge in [0.05, 0.1) is 11.2 Å². The highest BCUT2D eigenvalue weighted by Gasteiger charge is 2.52. The van der Waals surface area contributed by atoms with Gasteiger partial charge in [0, 0.05) is 23.9 Å². The summed E-state index contributed by atoms with van der Waals surface area (Å²) in [4.78, 5) is 11.4. The number of rotatable bonds is 4. The maximum atomic E-state index is 14.3. The molecule has 1 aromatic carbocycles. The van der Waals surface area contributed by atoms with Gasteiger partial charge in [0.25, 0.3) is 0 Å². The number of nitrogen functional groups attached to an aromatic ring is 1. The molecule has 2 rings (SSSR count). The van der Waals surface area contributed by atoms with Gasteiger partial charge in [0.15, 0.2) is 5.12 Å². The lowest BCUT2D eigenvalue weighted by Crippen LogP contribution is -2.41. The summed E-state index contributed by atoms with van der Waals surface area (Å²) in [6.45, 7) is 11.1. The molecule has 0 amide bonds. The van der Waals surface area contributed by atoms with Crippen LogP contribution in [-0.4, -0.2) is 29.2 Å². The van der Waals surface area contributed by atoms with E-state index in [2.05, 4.69) is 0 Å². The second-order valence-corrected chi connectivity index (χ2v) is 8.47. The van der Waals surface area contributed by atoms with Gasteiger partial charge in [-0.3, -0.25) is 4.79 Å². The number of anilines is 1. The van der Waals surface area contributed by atoms with Gasteiger partial charge in [0.2, 0.25) is 0 Å². The number of hydrogen-bond acceptors (Lipinski definition) is 5. The largest absolute Gasteiger partial charge is 0.491 e. The van der Waals surface area contributed by atoms with Crippen molar-refractivity contribution >= 4 is 35.8 Å². The number of hydrogen-bond donors (Lipinski definition) is 1. The minimum Gasteiger partial charge on any atom is -0.400 e. The molecule has 1 aliphatic rings. The Hall–Kier alpha value is -1.31. The first-order valence-corrected chi connectivity index (χ1v) is 9.16. The van der Waals surface area contributed by atoms with Crippen molar-refractivity contribution in [3.63, 3.8) is 0 Å². The highest BCUT2D eigenvalue weighted by Crippen LogP contribution is 2.39. The molecule has 25 heavy (non-hydrogen) atoms. The number of thioether (sulfide) groups is 1. The van der Waals surface area contributed by atoms with Gasteiger partial charge in [-0.05, 0) is 57.8 Å². The lowest BCUT2D eigenvalue weighted by Gasteiger charge is -2.32. The lowest BCUT2D eigenvalue weighted by molar-refractivity contribution is -0.109. The quantitative estimate of drug-likeness (QED) is 0.645. The average Bonchev–Trinajstić information content (AvgIpc) is 2.68. The smallest absolute Gasteiger partial charge is 0.400 e. The molecule has 0 radical (unpaired) electrons. The zero-order chi connectivity index (χ0) is 19.0. The first-order valence-electron chi connectivity index (χ1n) is 8.18. The second kappa shape index (κ2) is 7.13. The molecule has 0 unspecified atom stereocenters. The molecule has 0 aromatic heterocycles. The highest BCUT2D eigenvalue weighted by atomic mass is 32.2. The molecule has 0 aliphatic carbocycles. The van der Waals surface area contributed by atoms with Gasteiger partial charge >= 0.3 is 7.12 Å². The third-order valence-electron chi connectivity index (χ3n) is 4.72. The van der Waals surface area contributed by atoms with E-state index < -0.39 is 24.1 Å². The predicted molar refractivity (Wildman–Crippen MR) is 103 cm³/mol. The van der Waals surface area contributed by atoms with Crippen molar-refractivity contribution in [3.05, 3.63) is 34.5 Å². The normalized spacial score (nSPS) is 19.3. The average molecular weight is 365 g/mol. The summed E-state index contributed by atoms with van der Waals surface area (Å²) in [5, 5.41) is -0.0172. The third-order valence-corrected chi connectivity index (χ3v) is 5.61. The summed E-state index contributed by atoms with van der Waals surface area (Å²) in [6.07, 6.45) is 1.69. The van der Waals surface area contributed by atoms with Crippen LogP contribution in [0.1, 0.15) is 45.7 Å².